The molecule has 0 aliphatic carbocycles. The number of halogens is 2. The number of hydrogen-bond donors (Lipinski definition) is 2. The molecule has 1 aromatic carbocycles. The van der Waals surface area contributed by atoms with Crippen LogP contribution < -0.4 is 10.6 Å². The molecule has 0 spiro atoms. The van der Waals surface area contributed by atoms with Crippen LogP contribution in [0.1, 0.15) is 31.7 Å². The molecule has 0 saturated carbocycles. The lowest BCUT2D eigenvalue weighted by Gasteiger charge is -2.34. The number of amides is 1. The van der Waals surface area contributed by atoms with E-state index >= 15 is 0 Å². The van der Waals surface area contributed by atoms with Gasteiger partial charge in [0.05, 0.1) is 18.4 Å². The van der Waals surface area contributed by atoms with Crippen molar-refractivity contribution >= 4 is 47.4 Å². The van der Waals surface area contributed by atoms with Crippen molar-refractivity contribution in [2.75, 3.05) is 26.7 Å². The fraction of sp³-hybridized carbons (Fsp3) is 0.476. The number of likely N-dealkylation sites (tertiary alicyclic amines) is 1. The van der Waals surface area contributed by atoms with Gasteiger partial charge in [-0.3, -0.25) is 4.79 Å². The predicted molar refractivity (Wildman–Crippen MR) is 132 cm³/mol. The highest BCUT2D eigenvalue weighted by atomic mass is 127. The summed E-state index contributed by atoms with van der Waals surface area (Å²) in [6.07, 6.45) is 6.46. The van der Waals surface area contributed by atoms with Gasteiger partial charge in [-0.05, 0) is 49.9 Å². The highest BCUT2D eigenvalue weighted by Crippen LogP contribution is 2.20. The van der Waals surface area contributed by atoms with Gasteiger partial charge in [-0.2, -0.15) is 5.10 Å². The second-order valence-electron chi connectivity index (χ2n) is 7.25. The van der Waals surface area contributed by atoms with E-state index in [9.17, 15) is 4.79 Å². The number of hydrogen-bond acceptors (Lipinski definition) is 3. The zero-order valence-corrected chi connectivity index (χ0v) is 20.6. The van der Waals surface area contributed by atoms with Gasteiger partial charge in [0.25, 0.3) is 0 Å². The molecule has 1 saturated heterocycles. The van der Waals surface area contributed by atoms with E-state index < -0.39 is 0 Å². The fourth-order valence-electron chi connectivity index (χ4n) is 3.48. The molecule has 7 nitrogen and oxygen atoms in total. The molecule has 0 atom stereocenters. The van der Waals surface area contributed by atoms with E-state index in [-0.39, 0.29) is 29.9 Å². The average Bonchev–Trinajstić information content (AvgIpc) is 3.21. The first-order chi connectivity index (χ1) is 14.1. The maximum absolute atomic E-state index is 11.6. The van der Waals surface area contributed by atoms with Gasteiger partial charge in [0.15, 0.2) is 5.96 Å². The number of piperidine rings is 1. The molecule has 0 bridgehead atoms. The van der Waals surface area contributed by atoms with Gasteiger partial charge in [0.1, 0.15) is 0 Å². The first-order valence-corrected chi connectivity index (χ1v) is 10.5. The van der Waals surface area contributed by atoms with Crippen molar-refractivity contribution in [1.29, 1.82) is 0 Å². The molecule has 1 aliphatic heterocycles. The Hall–Kier alpha value is -1.81. The van der Waals surface area contributed by atoms with Crippen LogP contribution in [-0.2, 0) is 11.3 Å². The molecule has 2 aromatic rings. The third kappa shape index (κ3) is 6.87. The Balaban J connectivity index is 0.00000320. The number of carbonyl (C=O) groups excluding carboxylic acids is 1. The molecule has 3 rings (SSSR count). The van der Waals surface area contributed by atoms with Gasteiger partial charge < -0.3 is 15.5 Å². The van der Waals surface area contributed by atoms with E-state index in [4.69, 9.17) is 16.6 Å². The van der Waals surface area contributed by atoms with Crippen LogP contribution in [0, 0.1) is 5.92 Å². The van der Waals surface area contributed by atoms with E-state index in [1.165, 1.54) is 0 Å². The van der Waals surface area contributed by atoms with Crippen molar-refractivity contribution in [3.63, 3.8) is 0 Å². The molecule has 30 heavy (non-hydrogen) atoms. The van der Waals surface area contributed by atoms with Gasteiger partial charge in [-0.15, -0.1) is 24.0 Å². The third-order valence-electron chi connectivity index (χ3n) is 5.14. The molecule has 1 aliphatic rings. The maximum atomic E-state index is 11.6. The Kier molecular flexibility index (Phi) is 9.90. The Labute approximate surface area is 200 Å². The third-order valence-corrected chi connectivity index (χ3v) is 5.39. The summed E-state index contributed by atoms with van der Waals surface area (Å²) in [5.74, 6) is 1.50. The van der Waals surface area contributed by atoms with Gasteiger partial charge in [0.2, 0.25) is 5.91 Å². The first kappa shape index (κ1) is 24.5. The van der Waals surface area contributed by atoms with E-state index in [1.54, 1.807) is 7.05 Å². The molecule has 2 N–H and O–H groups in total. The van der Waals surface area contributed by atoms with Gasteiger partial charge in [0, 0.05) is 49.9 Å². The number of nitrogens with zero attached hydrogens (tertiary/aromatic N) is 4. The quantitative estimate of drug-likeness (QED) is 0.332. The summed E-state index contributed by atoms with van der Waals surface area (Å²) in [5, 5.41) is 11.2. The Morgan fingerprint density at radius 1 is 1.27 bits per heavy atom. The second kappa shape index (κ2) is 12.1. The summed E-state index contributed by atoms with van der Waals surface area (Å²) in [5.41, 5.74) is 2.01. The first-order valence-electron chi connectivity index (χ1n) is 10.1. The standard InChI is InChI=1S/C21H29ClN6O.HI/c1-3-24-21(27-10-8-16(9-11-27)12-20(29)23-2)25-13-17-14-26-28(15-17)19-6-4-18(22)5-7-19;/h4-7,14-16H,3,8-13H2,1-2H3,(H,23,29)(H,24,25);1H. The van der Waals surface area contributed by atoms with Crippen molar-refractivity contribution < 1.29 is 4.79 Å². The van der Waals surface area contributed by atoms with Gasteiger partial charge >= 0.3 is 0 Å². The van der Waals surface area contributed by atoms with E-state index in [0.29, 0.717) is 23.9 Å². The Morgan fingerprint density at radius 3 is 2.60 bits per heavy atom. The average molecular weight is 545 g/mol. The number of nitrogens with one attached hydrogen (secondary N) is 2. The molecule has 1 fully saturated rings. The Morgan fingerprint density at radius 2 is 1.97 bits per heavy atom. The van der Waals surface area contributed by atoms with Crippen LogP contribution in [0.15, 0.2) is 41.7 Å². The molecule has 0 unspecified atom stereocenters. The topological polar surface area (TPSA) is 74.5 Å². The molecular formula is C21H30ClIN6O. The van der Waals surface area contributed by atoms with Crippen molar-refractivity contribution in [3.05, 3.63) is 47.2 Å². The van der Waals surface area contributed by atoms with Crippen LogP contribution in [0.25, 0.3) is 5.69 Å². The van der Waals surface area contributed by atoms with Gasteiger partial charge in [-0.1, -0.05) is 11.6 Å². The van der Waals surface area contributed by atoms with Crippen molar-refractivity contribution in [2.24, 2.45) is 10.9 Å². The van der Waals surface area contributed by atoms with Crippen LogP contribution in [0.4, 0.5) is 0 Å². The van der Waals surface area contributed by atoms with Gasteiger partial charge in [-0.25, -0.2) is 9.67 Å². The van der Waals surface area contributed by atoms with E-state index in [0.717, 1.165) is 49.7 Å². The summed E-state index contributed by atoms with van der Waals surface area (Å²) < 4.78 is 1.83. The van der Waals surface area contributed by atoms with Crippen molar-refractivity contribution in [3.8, 4) is 5.69 Å². The lowest BCUT2D eigenvalue weighted by atomic mass is 9.93. The van der Waals surface area contributed by atoms with Crippen LogP contribution in [0.2, 0.25) is 5.02 Å². The normalized spacial score (nSPS) is 14.9. The van der Waals surface area contributed by atoms with Crippen LogP contribution >= 0.6 is 35.6 Å². The molecular weight excluding hydrogens is 515 g/mol. The Bertz CT molecular complexity index is 830. The number of aliphatic imine (C=N–C) groups is 1. The fourth-order valence-corrected chi connectivity index (χ4v) is 3.61. The number of carbonyl (C=O) groups is 1. The summed E-state index contributed by atoms with van der Waals surface area (Å²) >= 11 is 5.95. The zero-order chi connectivity index (χ0) is 20.6. The minimum atomic E-state index is 0. The van der Waals surface area contributed by atoms with E-state index in [2.05, 4.69) is 27.6 Å². The number of benzene rings is 1. The molecule has 1 amide bonds. The zero-order valence-electron chi connectivity index (χ0n) is 17.5. The lowest BCUT2D eigenvalue weighted by Crippen LogP contribution is -2.46. The summed E-state index contributed by atoms with van der Waals surface area (Å²) in [4.78, 5) is 18.7. The molecule has 1 aromatic heterocycles. The van der Waals surface area contributed by atoms with Crippen molar-refractivity contribution in [2.45, 2.75) is 32.7 Å². The maximum Gasteiger partial charge on any atom is 0.220 e. The SMILES string of the molecule is CCNC(=NCc1cnn(-c2ccc(Cl)cc2)c1)N1CCC(CC(=O)NC)CC1.I. The number of rotatable bonds is 6. The molecule has 2 heterocycles. The van der Waals surface area contributed by atoms with Crippen LogP contribution in [0.5, 0.6) is 0 Å². The minimum absolute atomic E-state index is 0. The predicted octanol–water partition coefficient (Wildman–Crippen LogP) is 3.46. The molecule has 164 valence electrons. The highest BCUT2D eigenvalue weighted by molar-refractivity contribution is 14.0. The number of aromatic nitrogens is 2. The van der Waals surface area contributed by atoms with Crippen LogP contribution in [-0.4, -0.2) is 53.2 Å². The minimum Gasteiger partial charge on any atom is -0.359 e. The largest absolute Gasteiger partial charge is 0.359 e. The van der Waals surface area contributed by atoms with Crippen molar-refractivity contribution in [1.82, 2.24) is 25.3 Å². The lowest BCUT2D eigenvalue weighted by molar-refractivity contribution is -0.121. The smallest absolute Gasteiger partial charge is 0.220 e. The van der Waals surface area contributed by atoms with E-state index in [1.807, 2.05) is 41.3 Å². The monoisotopic (exact) mass is 544 g/mol. The highest BCUT2D eigenvalue weighted by Gasteiger charge is 2.23. The summed E-state index contributed by atoms with van der Waals surface area (Å²) in [6, 6.07) is 7.59. The summed E-state index contributed by atoms with van der Waals surface area (Å²) in [6.45, 7) is 5.29. The summed E-state index contributed by atoms with van der Waals surface area (Å²) in [7, 11) is 1.70. The number of guanidine groups is 1. The molecule has 9 heteroatoms. The van der Waals surface area contributed by atoms with Crippen LogP contribution in [0.3, 0.4) is 0 Å². The molecule has 0 radical (unpaired) electrons. The second-order valence-corrected chi connectivity index (χ2v) is 7.68.